The van der Waals surface area contributed by atoms with Gasteiger partial charge in [-0.25, -0.2) is 4.18 Å². The van der Waals surface area contributed by atoms with Crippen molar-refractivity contribution in [2.24, 2.45) is 0 Å². The van der Waals surface area contributed by atoms with Crippen LogP contribution in [-0.2, 0) is 28.9 Å². The van der Waals surface area contributed by atoms with Crippen LogP contribution in [0.25, 0.3) is 0 Å². The molecule has 1 heterocycles. The molecule has 0 radical (unpaired) electrons. The van der Waals surface area contributed by atoms with Gasteiger partial charge in [-0.1, -0.05) is 225 Å². The van der Waals surface area contributed by atoms with Crippen LogP contribution in [0.2, 0.25) is 0 Å². The normalized spacial score (nSPS) is 20.5. The summed E-state index contributed by atoms with van der Waals surface area (Å²) in [5.41, 5.74) is 0. The van der Waals surface area contributed by atoms with E-state index < -0.39 is 59.9 Å². The number of amides is 1. The van der Waals surface area contributed by atoms with Crippen molar-refractivity contribution in [2.45, 2.75) is 281 Å². The second-order valence-electron chi connectivity index (χ2n) is 18.1. The molecule has 0 saturated carbocycles. The lowest BCUT2D eigenvalue weighted by molar-refractivity contribution is -0.298. The molecule has 1 fully saturated rings. The van der Waals surface area contributed by atoms with E-state index >= 15 is 0 Å². The predicted molar refractivity (Wildman–Crippen MR) is 250 cm³/mol. The minimum Gasteiger partial charge on any atom is -0.394 e. The number of aliphatic hydroxyl groups excluding tert-OH is 4. The number of allylic oxidation sites excluding steroid dienone is 1. The average Bonchev–Trinajstić information content (AvgIpc) is 3.24. The van der Waals surface area contributed by atoms with Gasteiger partial charge in [0.15, 0.2) is 6.29 Å². The molecule has 1 saturated heterocycles. The van der Waals surface area contributed by atoms with E-state index in [1.54, 1.807) is 6.08 Å². The van der Waals surface area contributed by atoms with E-state index in [0.717, 1.165) is 38.5 Å². The van der Waals surface area contributed by atoms with E-state index in [-0.39, 0.29) is 18.9 Å². The van der Waals surface area contributed by atoms with Crippen molar-refractivity contribution in [2.75, 3.05) is 13.2 Å². The van der Waals surface area contributed by atoms with Crippen LogP contribution in [0.1, 0.15) is 239 Å². The number of nitrogens with one attached hydrogen (secondary N) is 1. The van der Waals surface area contributed by atoms with Crippen molar-refractivity contribution in [3.8, 4) is 0 Å². The molecule has 13 heteroatoms. The SMILES string of the molecule is CCCCCCCCCCCCCCCCCCCCCCCC/C=C/C(O)C(COC1OC(CO)C(O)C(OS(=O)(=O)O)C1O)NC(=O)CCCCCCCCCCCCC. The molecule has 0 aliphatic carbocycles. The molecule has 1 rings (SSSR count). The zero-order valence-corrected chi connectivity index (χ0v) is 40.3. The fourth-order valence-corrected chi connectivity index (χ4v) is 8.85. The van der Waals surface area contributed by atoms with Gasteiger partial charge in [0.2, 0.25) is 5.91 Å². The minimum absolute atomic E-state index is 0.261. The highest BCUT2D eigenvalue weighted by Crippen LogP contribution is 2.26. The lowest BCUT2D eigenvalue weighted by atomic mass is 9.99. The van der Waals surface area contributed by atoms with E-state index in [1.807, 2.05) is 6.08 Å². The largest absolute Gasteiger partial charge is 0.397 e. The Labute approximate surface area is 379 Å². The molecule has 1 amide bonds. The Morgan fingerprint density at radius 1 is 0.629 bits per heavy atom. The molecule has 1 aliphatic rings. The number of aliphatic hydroxyl groups is 4. The van der Waals surface area contributed by atoms with Gasteiger partial charge in [-0.2, -0.15) is 8.42 Å². The van der Waals surface area contributed by atoms with Gasteiger partial charge >= 0.3 is 10.4 Å². The topological polar surface area (TPSA) is 192 Å². The van der Waals surface area contributed by atoms with Gasteiger partial charge in [0, 0.05) is 6.42 Å². The molecule has 7 atom stereocenters. The van der Waals surface area contributed by atoms with Gasteiger partial charge in [-0.05, 0) is 19.3 Å². The summed E-state index contributed by atoms with van der Waals surface area (Å²) in [4.78, 5) is 13.0. The summed E-state index contributed by atoms with van der Waals surface area (Å²) >= 11 is 0. The number of hydrogen-bond acceptors (Lipinski definition) is 10. The Hall–Kier alpha value is -1.16. The van der Waals surface area contributed by atoms with Crippen molar-refractivity contribution >= 4 is 16.3 Å². The van der Waals surface area contributed by atoms with Gasteiger partial charge in [0.1, 0.15) is 24.4 Å². The van der Waals surface area contributed by atoms with Crippen LogP contribution < -0.4 is 5.32 Å². The summed E-state index contributed by atoms with van der Waals surface area (Å²) in [6.07, 6.45) is 36.9. The van der Waals surface area contributed by atoms with E-state index in [1.165, 1.54) is 173 Å². The second kappa shape index (κ2) is 40.1. The first-order valence-corrected chi connectivity index (χ1v) is 26.9. The molecule has 0 aromatic rings. The van der Waals surface area contributed by atoms with Crippen molar-refractivity contribution in [1.29, 1.82) is 0 Å². The number of rotatable bonds is 44. The third-order valence-corrected chi connectivity index (χ3v) is 12.8. The van der Waals surface area contributed by atoms with Gasteiger partial charge in [0.05, 0.1) is 25.4 Å². The van der Waals surface area contributed by atoms with Crippen molar-refractivity contribution < 1.29 is 51.8 Å². The molecule has 0 spiro atoms. The first-order valence-electron chi connectivity index (χ1n) is 25.6. The third-order valence-electron chi connectivity index (χ3n) is 12.3. The maximum atomic E-state index is 13.0. The number of hydrogen-bond donors (Lipinski definition) is 6. The van der Waals surface area contributed by atoms with Gasteiger partial charge < -0.3 is 35.2 Å². The predicted octanol–water partition coefficient (Wildman–Crippen LogP) is 10.7. The van der Waals surface area contributed by atoms with E-state index in [2.05, 4.69) is 23.3 Å². The van der Waals surface area contributed by atoms with Crippen LogP contribution in [0.15, 0.2) is 12.2 Å². The summed E-state index contributed by atoms with van der Waals surface area (Å²) in [6.45, 7) is 3.39. The lowest BCUT2D eigenvalue weighted by Crippen LogP contribution is -2.61. The summed E-state index contributed by atoms with van der Waals surface area (Å²) < 4.78 is 47.6. The summed E-state index contributed by atoms with van der Waals surface area (Å²) in [7, 11) is -5.08. The second-order valence-corrected chi connectivity index (χ2v) is 19.2. The first-order chi connectivity index (χ1) is 30.0. The molecule has 6 N–H and O–H groups in total. The van der Waals surface area contributed by atoms with Crippen molar-refractivity contribution in [3.63, 3.8) is 0 Å². The van der Waals surface area contributed by atoms with Crippen molar-refractivity contribution in [1.82, 2.24) is 5.32 Å². The molecule has 12 nitrogen and oxygen atoms in total. The highest BCUT2D eigenvalue weighted by molar-refractivity contribution is 7.80. The fourth-order valence-electron chi connectivity index (χ4n) is 8.34. The molecule has 0 aromatic heterocycles. The van der Waals surface area contributed by atoms with Gasteiger partial charge in [0.25, 0.3) is 0 Å². The number of unbranched alkanes of at least 4 members (excludes halogenated alkanes) is 32. The van der Waals surface area contributed by atoms with Crippen LogP contribution in [-0.4, -0.2) is 95.4 Å². The summed E-state index contributed by atoms with van der Waals surface area (Å²) in [5, 5.41) is 44.7. The fraction of sp³-hybridized carbons (Fsp3) is 0.939. The maximum Gasteiger partial charge on any atom is 0.397 e. The molecule has 368 valence electrons. The molecule has 0 aromatic carbocycles. The first kappa shape index (κ1) is 58.9. The van der Waals surface area contributed by atoms with Crippen LogP contribution in [0, 0.1) is 0 Å². The highest BCUT2D eigenvalue weighted by Gasteiger charge is 2.48. The van der Waals surface area contributed by atoms with Crippen LogP contribution in [0.4, 0.5) is 0 Å². The van der Waals surface area contributed by atoms with Crippen LogP contribution >= 0.6 is 0 Å². The Balaban J connectivity index is 2.39. The molecular weight excluding hydrogens is 811 g/mol. The molecule has 62 heavy (non-hydrogen) atoms. The monoisotopic (exact) mass is 906 g/mol. The smallest absolute Gasteiger partial charge is 0.394 e. The minimum atomic E-state index is -5.08. The van der Waals surface area contributed by atoms with Gasteiger partial charge in [-0.3, -0.25) is 9.35 Å². The Morgan fingerprint density at radius 2 is 1.02 bits per heavy atom. The Kier molecular flexibility index (Phi) is 38.1. The third kappa shape index (κ3) is 32.5. The van der Waals surface area contributed by atoms with E-state index in [9.17, 15) is 38.2 Å². The van der Waals surface area contributed by atoms with Gasteiger partial charge in [-0.15, -0.1) is 0 Å². The van der Waals surface area contributed by atoms with Crippen LogP contribution in [0.5, 0.6) is 0 Å². The summed E-state index contributed by atoms with van der Waals surface area (Å²) in [5.74, 6) is -0.261. The standard InChI is InChI=1S/C49H95NO11S/c1-3-5-7-9-11-13-15-16-17-18-19-20-21-22-23-24-25-26-27-29-30-32-34-36-38-43(52)42(50-45(53)39-37-35-33-31-28-14-12-10-8-6-4-2)41-59-49-47(55)48(61-62(56,57)58)46(54)44(40-51)60-49/h36,38,42-44,46-49,51-52,54-55H,3-35,37,39-41H2,1-2H3,(H,50,53)(H,56,57,58)/b38-36+. The van der Waals surface area contributed by atoms with E-state index in [0.29, 0.717) is 6.42 Å². The molecule has 7 unspecified atom stereocenters. The zero-order valence-electron chi connectivity index (χ0n) is 39.5. The van der Waals surface area contributed by atoms with E-state index in [4.69, 9.17) is 9.47 Å². The van der Waals surface area contributed by atoms with Crippen LogP contribution in [0.3, 0.4) is 0 Å². The quantitative estimate of drug-likeness (QED) is 0.0194. The zero-order chi connectivity index (χ0) is 45.5. The number of ether oxygens (including phenoxy) is 2. The van der Waals surface area contributed by atoms with Crippen molar-refractivity contribution in [3.05, 3.63) is 12.2 Å². The Morgan fingerprint density at radius 3 is 1.40 bits per heavy atom. The molecular formula is C49H95NO11S. The lowest BCUT2D eigenvalue weighted by Gasteiger charge is -2.41. The molecule has 0 bridgehead atoms. The Bertz CT molecular complexity index is 1160. The average molecular weight is 906 g/mol. The highest BCUT2D eigenvalue weighted by atomic mass is 32.3. The maximum absolute atomic E-state index is 13.0. The summed E-state index contributed by atoms with van der Waals surface area (Å²) in [6, 6.07) is -0.938. The number of carbonyl (C=O) groups excluding carboxylic acids is 1. The number of carbonyl (C=O) groups is 1. The molecule has 1 aliphatic heterocycles.